The van der Waals surface area contributed by atoms with E-state index in [0.29, 0.717) is 6.54 Å². The molecule has 1 aromatic heterocycles. The summed E-state index contributed by atoms with van der Waals surface area (Å²) in [6.07, 6.45) is 0.534. The van der Waals surface area contributed by atoms with E-state index in [2.05, 4.69) is 10.3 Å². The van der Waals surface area contributed by atoms with Gasteiger partial charge in [-0.05, 0) is 18.9 Å². The first-order valence-corrected chi connectivity index (χ1v) is 6.98. The number of hydrogen-bond acceptors (Lipinski definition) is 4. The first kappa shape index (κ1) is 13.2. The molecule has 0 saturated carbocycles. The van der Waals surface area contributed by atoms with Crippen LogP contribution in [0.1, 0.15) is 22.2 Å². The van der Waals surface area contributed by atoms with Gasteiger partial charge in [0.2, 0.25) is 0 Å². The average molecular weight is 262 g/mol. The average Bonchev–Trinajstić information content (AvgIpc) is 2.81. The highest BCUT2D eigenvalue weighted by molar-refractivity contribution is 7.09. The lowest BCUT2D eigenvalue weighted by Gasteiger charge is -2.11. The van der Waals surface area contributed by atoms with E-state index in [0.717, 1.165) is 24.2 Å². The van der Waals surface area contributed by atoms with Gasteiger partial charge in [0.15, 0.2) is 0 Å². The molecule has 2 aromatic rings. The van der Waals surface area contributed by atoms with Gasteiger partial charge in [-0.3, -0.25) is 0 Å². The monoisotopic (exact) mass is 262 g/mol. The van der Waals surface area contributed by atoms with Crippen LogP contribution >= 0.6 is 11.3 Å². The highest BCUT2D eigenvalue weighted by Gasteiger charge is 2.06. The number of aliphatic hydroxyl groups excluding tert-OH is 1. The highest BCUT2D eigenvalue weighted by Crippen LogP contribution is 2.13. The van der Waals surface area contributed by atoms with Crippen molar-refractivity contribution in [1.29, 1.82) is 0 Å². The Balaban J connectivity index is 1.71. The molecule has 0 radical (unpaired) electrons. The summed E-state index contributed by atoms with van der Waals surface area (Å²) in [5.41, 5.74) is 3.95. The summed E-state index contributed by atoms with van der Waals surface area (Å²) in [5, 5.41) is 13.2. The van der Waals surface area contributed by atoms with Crippen LogP contribution in [0.3, 0.4) is 0 Å². The van der Waals surface area contributed by atoms with Crippen molar-refractivity contribution in [3.8, 4) is 0 Å². The van der Waals surface area contributed by atoms with Crippen molar-refractivity contribution in [2.75, 3.05) is 13.1 Å². The van der Waals surface area contributed by atoms with E-state index in [1.54, 1.807) is 11.3 Å². The number of aryl methyl sites for hydroxylation is 1. The first-order chi connectivity index (χ1) is 8.77. The largest absolute Gasteiger partial charge is 0.387 e. The summed E-state index contributed by atoms with van der Waals surface area (Å²) >= 11 is 1.69. The molecule has 1 heterocycles. The second-order valence-electron chi connectivity index (χ2n) is 4.24. The molecule has 4 heteroatoms. The van der Waals surface area contributed by atoms with Crippen LogP contribution in [0.5, 0.6) is 0 Å². The smallest absolute Gasteiger partial charge is 0.0914 e. The summed E-state index contributed by atoms with van der Waals surface area (Å²) in [6.45, 7) is 3.49. The van der Waals surface area contributed by atoms with Crippen LogP contribution in [0, 0.1) is 6.92 Å². The topological polar surface area (TPSA) is 45.2 Å². The SMILES string of the molecule is Cc1ncsc1CCNCC(O)c1ccccc1. The molecule has 96 valence electrons. The summed E-state index contributed by atoms with van der Waals surface area (Å²) < 4.78 is 0. The van der Waals surface area contributed by atoms with Crippen molar-refractivity contribution in [2.24, 2.45) is 0 Å². The summed E-state index contributed by atoms with van der Waals surface area (Å²) in [7, 11) is 0. The normalized spacial score (nSPS) is 12.6. The minimum atomic E-state index is -0.436. The lowest BCUT2D eigenvalue weighted by Crippen LogP contribution is -2.23. The number of benzene rings is 1. The molecule has 0 saturated heterocycles. The Morgan fingerprint density at radius 1 is 1.33 bits per heavy atom. The number of aromatic nitrogens is 1. The summed E-state index contributed by atoms with van der Waals surface area (Å²) in [4.78, 5) is 5.54. The number of aliphatic hydroxyl groups is 1. The maximum Gasteiger partial charge on any atom is 0.0914 e. The summed E-state index contributed by atoms with van der Waals surface area (Å²) in [5.74, 6) is 0. The second-order valence-corrected chi connectivity index (χ2v) is 5.18. The Kier molecular flexibility index (Phi) is 4.87. The van der Waals surface area contributed by atoms with Gasteiger partial charge in [-0.15, -0.1) is 11.3 Å². The molecular formula is C14H18N2OS. The van der Waals surface area contributed by atoms with Crippen molar-refractivity contribution in [3.63, 3.8) is 0 Å². The zero-order chi connectivity index (χ0) is 12.8. The number of nitrogens with one attached hydrogen (secondary N) is 1. The predicted molar refractivity (Wildman–Crippen MR) is 74.8 cm³/mol. The standard InChI is InChI=1S/C14H18N2OS/c1-11-14(18-10-16-11)7-8-15-9-13(17)12-5-3-2-4-6-12/h2-6,10,13,15,17H,7-9H2,1H3. The quantitative estimate of drug-likeness (QED) is 0.785. The number of thiazole rings is 1. The Bertz CT molecular complexity index is 470. The fourth-order valence-corrected chi connectivity index (χ4v) is 2.58. The van der Waals surface area contributed by atoms with Gasteiger partial charge in [0, 0.05) is 18.0 Å². The third kappa shape index (κ3) is 3.63. The van der Waals surface area contributed by atoms with E-state index in [1.807, 2.05) is 42.8 Å². The fraction of sp³-hybridized carbons (Fsp3) is 0.357. The molecule has 2 rings (SSSR count). The predicted octanol–water partition coefficient (Wildman–Crippen LogP) is 2.32. The first-order valence-electron chi connectivity index (χ1n) is 6.10. The molecule has 3 nitrogen and oxygen atoms in total. The molecule has 0 bridgehead atoms. The number of rotatable bonds is 6. The van der Waals surface area contributed by atoms with Gasteiger partial charge in [-0.25, -0.2) is 4.98 Å². The maximum absolute atomic E-state index is 9.96. The molecule has 0 spiro atoms. The van der Waals surface area contributed by atoms with E-state index in [4.69, 9.17) is 0 Å². The van der Waals surface area contributed by atoms with Crippen molar-refractivity contribution in [2.45, 2.75) is 19.4 Å². The zero-order valence-electron chi connectivity index (χ0n) is 10.5. The van der Waals surface area contributed by atoms with Crippen LogP contribution in [0.15, 0.2) is 35.8 Å². The maximum atomic E-state index is 9.96. The Labute approximate surface area is 112 Å². The molecule has 0 aliphatic rings. The van der Waals surface area contributed by atoms with Crippen LogP contribution in [0.2, 0.25) is 0 Å². The Hall–Kier alpha value is -1.23. The zero-order valence-corrected chi connectivity index (χ0v) is 11.3. The minimum absolute atomic E-state index is 0.436. The van der Waals surface area contributed by atoms with Gasteiger partial charge >= 0.3 is 0 Å². The molecule has 2 N–H and O–H groups in total. The molecule has 18 heavy (non-hydrogen) atoms. The van der Waals surface area contributed by atoms with E-state index in [9.17, 15) is 5.11 Å². The lowest BCUT2D eigenvalue weighted by atomic mass is 10.1. The lowest BCUT2D eigenvalue weighted by molar-refractivity contribution is 0.175. The van der Waals surface area contributed by atoms with E-state index >= 15 is 0 Å². The molecule has 0 aliphatic heterocycles. The van der Waals surface area contributed by atoms with E-state index in [1.165, 1.54) is 4.88 Å². The van der Waals surface area contributed by atoms with Crippen molar-refractivity contribution < 1.29 is 5.11 Å². The number of hydrogen-bond donors (Lipinski definition) is 2. The van der Waals surface area contributed by atoms with Gasteiger partial charge in [-0.1, -0.05) is 30.3 Å². The van der Waals surface area contributed by atoms with E-state index in [-0.39, 0.29) is 0 Å². The molecule has 0 fully saturated rings. The molecule has 0 aliphatic carbocycles. The van der Waals surface area contributed by atoms with Gasteiger partial charge in [0.05, 0.1) is 17.3 Å². The van der Waals surface area contributed by atoms with E-state index < -0.39 is 6.10 Å². The van der Waals surface area contributed by atoms with Gasteiger partial charge in [0.1, 0.15) is 0 Å². The van der Waals surface area contributed by atoms with Crippen LogP contribution in [0.25, 0.3) is 0 Å². The highest BCUT2D eigenvalue weighted by atomic mass is 32.1. The second kappa shape index (κ2) is 6.64. The Morgan fingerprint density at radius 2 is 2.11 bits per heavy atom. The van der Waals surface area contributed by atoms with Gasteiger partial charge in [0.25, 0.3) is 0 Å². The number of nitrogens with zero attached hydrogens (tertiary/aromatic N) is 1. The van der Waals surface area contributed by atoms with Gasteiger partial charge < -0.3 is 10.4 Å². The summed E-state index contributed by atoms with van der Waals surface area (Å²) in [6, 6.07) is 9.73. The van der Waals surface area contributed by atoms with Crippen molar-refractivity contribution >= 4 is 11.3 Å². The third-order valence-corrected chi connectivity index (χ3v) is 3.89. The van der Waals surface area contributed by atoms with Crippen LogP contribution in [-0.4, -0.2) is 23.2 Å². The molecule has 1 unspecified atom stereocenters. The van der Waals surface area contributed by atoms with Crippen molar-refractivity contribution in [1.82, 2.24) is 10.3 Å². The van der Waals surface area contributed by atoms with Crippen molar-refractivity contribution in [3.05, 3.63) is 52.0 Å². The molecule has 0 amide bonds. The molecule has 1 atom stereocenters. The van der Waals surface area contributed by atoms with Gasteiger partial charge in [-0.2, -0.15) is 0 Å². The minimum Gasteiger partial charge on any atom is -0.387 e. The Morgan fingerprint density at radius 3 is 2.78 bits per heavy atom. The third-order valence-electron chi connectivity index (χ3n) is 2.90. The van der Waals surface area contributed by atoms with Crippen LogP contribution in [0.4, 0.5) is 0 Å². The molecule has 1 aromatic carbocycles. The van der Waals surface area contributed by atoms with Crippen LogP contribution < -0.4 is 5.32 Å². The van der Waals surface area contributed by atoms with Crippen LogP contribution in [-0.2, 0) is 6.42 Å². The fourth-order valence-electron chi connectivity index (χ4n) is 1.80. The molecular weight excluding hydrogens is 244 g/mol.